The molecule has 0 spiro atoms. The summed E-state index contributed by atoms with van der Waals surface area (Å²) in [5.41, 5.74) is 8.34. The van der Waals surface area contributed by atoms with Gasteiger partial charge in [-0.25, -0.2) is 4.98 Å². The van der Waals surface area contributed by atoms with Crippen molar-refractivity contribution in [3.63, 3.8) is 0 Å². The number of rotatable bonds is 3. The Morgan fingerprint density at radius 1 is 1.44 bits per heavy atom. The fourth-order valence-corrected chi connectivity index (χ4v) is 1.98. The molecule has 18 heavy (non-hydrogen) atoms. The predicted octanol–water partition coefficient (Wildman–Crippen LogP) is 1.41. The fraction of sp³-hybridized carbons (Fsp3) is 0.385. The van der Waals surface area contributed by atoms with Gasteiger partial charge in [-0.3, -0.25) is 4.79 Å². The van der Waals surface area contributed by atoms with Gasteiger partial charge in [0, 0.05) is 32.7 Å². The maximum absolute atomic E-state index is 11.6. The van der Waals surface area contributed by atoms with Crippen LogP contribution in [0.3, 0.4) is 0 Å². The lowest BCUT2D eigenvalue weighted by Gasteiger charge is -2.11. The third-order valence-electron chi connectivity index (χ3n) is 3.01. The van der Waals surface area contributed by atoms with Crippen molar-refractivity contribution < 1.29 is 4.79 Å². The van der Waals surface area contributed by atoms with Crippen LogP contribution < -0.4 is 5.73 Å². The summed E-state index contributed by atoms with van der Waals surface area (Å²) in [5.74, 6) is 1.02. The lowest BCUT2D eigenvalue weighted by Crippen LogP contribution is -2.23. The summed E-state index contributed by atoms with van der Waals surface area (Å²) in [7, 11) is 3.53. The molecule has 5 nitrogen and oxygen atoms in total. The van der Waals surface area contributed by atoms with Crippen LogP contribution in [0.4, 0.5) is 5.69 Å². The Morgan fingerprint density at radius 3 is 2.83 bits per heavy atom. The maximum atomic E-state index is 11.6. The second kappa shape index (κ2) is 4.68. The number of amides is 1. The molecule has 0 aliphatic carbocycles. The van der Waals surface area contributed by atoms with Crippen LogP contribution in [-0.2, 0) is 11.3 Å². The second-order valence-electron chi connectivity index (χ2n) is 4.60. The van der Waals surface area contributed by atoms with Crippen molar-refractivity contribution in [3.8, 4) is 0 Å². The highest BCUT2D eigenvalue weighted by Gasteiger charge is 2.10. The van der Waals surface area contributed by atoms with E-state index in [4.69, 9.17) is 5.73 Å². The topological polar surface area (TPSA) is 64.1 Å². The molecule has 0 saturated carbocycles. The molecule has 1 aromatic heterocycles. The van der Waals surface area contributed by atoms with Gasteiger partial charge in [0.1, 0.15) is 5.82 Å². The molecule has 1 amide bonds. The number of imidazole rings is 1. The number of aromatic nitrogens is 2. The summed E-state index contributed by atoms with van der Waals surface area (Å²) in [5, 5.41) is 0. The van der Waals surface area contributed by atoms with Gasteiger partial charge < -0.3 is 15.2 Å². The quantitative estimate of drug-likeness (QED) is 0.833. The van der Waals surface area contributed by atoms with Crippen LogP contribution in [0.5, 0.6) is 0 Å². The molecule has 0 fully saturated rings. The van der Waals surface area contributed by atoms with E-state index in [1.54, 1.807) is 19.0 Å². The van der Waals surface area contributed by atoms with E-state index in [2.05, 4.69) is 9.55 Å². The maximum Gasteiger partial charge on any atom is 0.223 e. The highest BCUT2D eigenvalue weighted by molar-refractivity contribution is 5.80. The van der Waals surface area contributed by atoms with E-state index in [-0.39, 0.29) is 5.91 Å². The van der Waals surface area contributed by atoms with Crippen molar-refractivity contribution in [3.05, 3.63) is 24.0 Å². The molecule has 2 N–H and O–H groups in total. The smallest absolute Gasteiger partial charge is 0.223 e. The van der Waals surface area contributed by atoms with Gasteiger partial charge in [-0.05, 0) is 25.1 Å². The number of aryl methyl sites for hydroxylation is 2. The predicted molar refractivity (Wildman–Crippen MR) is 72.2 cm³/mol. The molecule has 0 aliphatic heterocycles. The molecule has 5 heteroatoms. The summed E-state index contributed by atoms with van der Waals surface area (Å²) in [4.78, 5) is 17.7. The third kappa shape index (κ3) is 2.30. The third-order valence-corrected chi connectivity index (χ3v) is 3.01. The van der Waals surface area contributed by atoms with E-state index in [9.17, 15) is 4.79 Å². The molecule has 2 rings (SSSR count). The molecule has 0 aliphatic rings. The highest BCUT2D eigenvalue weighted by atomic mass is 16.2. The van der Waals surface area contributed by atoms with E-state index in [0.717, 1.165) is 16.9 Å². The van der Waals surface area contributed by atoms with Crippen molar-refractivity contribution in [2.45, 2.75) is 19.9 Å². The van der Waals surface area contributed by atoms with Gasteiger partial charge >= 0.3 is 0 Å². The van der Waals surface area contributed by atoms with Crippen LogP contribution >= 0.6 is 0 Å². The highest BCUT2D eigenvalue weighted by Crippen LogP contribution is 2.19. The Bertz CT molecular complexity index is 586. The minimum Gasteiger partial charge on any atom is -0.399 e. The molecular weight excluding hydrogens is 228 g/mol. The Labute approximate surface area is 106 Å². The summed E-state index contributed by atoms with van der Waals surface area (Å²) in [6.45, 7) is 2.58. The normalized spacial score (nSPS) is 10.8. The first-order valence-corrected chi connectivity index (χ1v) is 5.91. The molecule has 0 atom stereocenters. The van der Waals surface area contributed by atoms with Crippen molar-refractivity contribution in [2.24, 2.45) is 0 Å². The number of carbonyl (C=O) groups is 1. The first kappa shape index (κ1) is 12.4. The lowest BCUT2D eigenvalue weighted by atomic mass is 10.2. The van der Waals surface area contributed by atoms with E-state index < -0.39 is 0 Å². The summed E-state index contributed by atoms with van der Waals surface area (Å²) >= 11 is 0. The monoisotopic (exact) mass is 246 g/mol. The molecule has 1 heterocycles. The zero-order chi connectivity index (χ0) is 13.3. The Kier molecular flexibility index (Phi) is 3.23. The summed E-state index contributed by atoms with van der Waals surface area (Å²) < 4.78 is 2.05. The molecule has 0 radical (unpaired) electrons. The molecule has 0 saturated heterocycles. The Hall–Kier alpha value is -2.04. The number of hydrogen-bond acceptors (Lipinski definition) is 3. The van der Waals surface area contributed by atoms with Crippen LogP contribution in [0.2, 0.25) is 0 Å². The number of carbonyl (C=O) groups excluding carboxylic acids is 1. The SMILES string of the molecule is Cc1nc2cc(N)ccc2n1CCC(=O)N(C)C. The number of fused-ring (bicyclic) bond motifs is 1. The van der Waals surface area contributed by atoms with Gasteiger partial charge in [-0.1, -0.05) is 0 Å². The van der Waals surface area contributed by atoms with Gasteiger partial charge in [0.05, 0.1) is 11.0 Å². The minimum atomic E-state index is 0.117. The van der Waals surface area contributed by atoms with Gasteiger partial charge in [0.2, 0.25) is 5.91 Å². The lowest BCUT2D eigenvalue weighted by molar-refractivity contribution is -0.128. The number of benzene rings is 1. The Morgan fingerprint density at radius 2 is 2.17 bits per heavy atom. The standard InChI is InChI=1S/C13H18N4O/c1-9-15-11-8-10(14)4-5-12(11)17(9)7-6-13(18)16(2)3/h4-5,8H,6-7,14H2,1-3H3. The second-order valence-corrected chi connectivity index (χ2v) is 4.60. The number of nitrogens with zero attached hydrogens (tertiary/aromatic N) is 3. The molecule has 0 unspecified atom stereocenters. The average molecular weight is 246 g/mol. The number of anilines is 1. The van der Waals surface area contributed by atoms with Crippen molar-refractivity contribution in [1.82, 2.24) is 14.5 Å². The van der Waals surface area contributed by atoms with Crippen LogP contribution in [-0.4, -0.2) is 34.5 Å². The average Bonchev–Trinajstić information content (AvgIpc) is 2.60. The number of nitrogens with two attached hydrogens (primary N) is 1. The first-order chi connectivity index (χ1) is 8.49. The van der Waals surface area contributed by atoms with Crippen molar-refractivity contribution in [2.75, 3.05) is 19.8 Å². The van der Waals surface area contributed by atoms with E-state index in [0.29, 0.717) is 18.7 Å². The van der Waals surface area contributed by atoms with Crippen LogP contribution in [0.1, 0.15) is 12.2 Å². The number of hydrogen-bond donors (Lipinski definition) is 1. The Balaban J connectivity index is 2.28. The van der Waals surface area contributed by atoms with Crippen LogP contribution in [0.25, 0.3) is 11.0 Å². The van der Waals surface area contributed by atoms with E-state index in [1.807, 2.05) is 25.1 Å². The van der Waals surface area contributed by atoms with Crippen molar-refractivity contribution in [1.29, 1.82) is 0 Å². The number of nitrogen functional groups attached to an aromatic ring is 1. The molecule has 0 bridgehead atoms. The van der Waals surface area contributed by atoms with E-state index >= 15 is 0 Å². The molecule has 2 aromatic rings. The van der Waals surface area contributed by atoms with Gasteiger partial charge in [-0.2, -0.15) is 0 Å². The van der Waals surface area contributed by atoms with Gasteiger partial charge in [0.15, 0.2) is 0 Å². The summed E-state index contributed by atoms with van der Waals surface area (Å²) in [6, 6.07) is 5.66. The van der Waals surface area contributed by atoms with Gasteiger partial charge in [0.25, 0.3) is 0 Å². The fourth-order valence-electron chi connectivity index (χ4n) is 1.98. The molecule has 96 valence electrons. The summed E-state index contributed by atoms with van der Waals surface area (Å²) in [6.07, 6.45) is 0.476. The zero-order valence-electron chi connectivity index (χ0n) is 11.0. The van der Waals surface area contributed by atoms with Crippen LogP contribution in [0.15, 0.2) is 18.2 Å². The van der Waals surface area contributed by atoms with Crippen LogP contribution in [0, 0.1) is 6.92 Å². The molecule has 1 aromatic carbocycles. The van der Waals surface area contributed by atoms with Gasteiger partial charge in [-0.15, -0.1) is 0 Å². The van der Waals surface area contributed by atoms with E-state index in [1.165, 1.54) is 0 Å². The minimum absolute atomic E-state index is 0.117. The zero-order valence-corrected chi connectivity index (χ0v) is 11.0. The largest absolute Gasteiger partial charge is 0.399 e. The van der Waals surface area contributed by atoms with Crippen molar-refractivity contribution >= 4 is 22.6 Å². The first-order valence-electron chi connectivity index (χ1n) is 5.91. The molecular formula is C13H18N4O.